The molecule has 1 atom stereocenters. The Hall–Kier alpha value is -1.71. The predicted octanol–water partition coefficient (Wildman–Crippen LogP) is 2.95. The van der Waals surface area contributed by atoms with Crippen LogP contribution in [0.2, 0.25) is 0 Å². The lowest BCUT2D eigenvalue weighted by atomic mass is 9.83. The van der Waals surface area contributed by atoms with E-state index in [1.165, 1.54) is 0 Å². The number of benzene rings is 1. The molecule has 2 rings (SSSR count). The molecule has 4 heteroatoms. The largest absolute Gasteiger partial charge is 0.496 e. The van der Waals surface area contributed by atoms with Crippen LogP contribution in [0, 0.1) is 0 Å². The number of amides is 1. The van der Waals surface area contributed by atoms with E-state index in [2.05, 4.69) is 32.2 Å². The van der Waals surface area contributed by atoms with Crippen LogP contribution in [0.1, 0.15) is 38.8 Å². The molecular formula is C15H21NO3. The van der Waals surface area contributed by atoms with Crippen LogP contribution >= 0.6 is 0 Å². The van der Waals surface area contributed by atoms with Gasteiger partial charge in [-0.2, -0.15) is 0 Å². The number of rotatable bonds is 2. The molecule has 1 saturated heterocycles. The molecular weight excluding hydrogens is 242 g/mol. The molecule has 1 amide bonds. The van der Waals surface area contributed by atoms with Crippen molar-refractivity contribution in [3.63, 3.8) is 0 Å². The second-order valence-corrected chi connectivity index (χ2v) is 6.14. The molecule has 19 heavy (non-hydrogen) atoms. The molecule has 104 valence electrons. The summed E-state index contributed by atoms with van der Waals surface area (Å²) in [5.74, 6) is 0.858. The topological polar surface area (TPSA) is 47.6 Å². The van der Waals surface area contributed by atoms with E-state index in [9.17, 15) is 4.79 Å². The number of nitrogens with one attached hydrogen (secondary N) is 1. The van der Waals surface area contributed by atoms with E-state index in [-0.39, 0.29) is 11.5 Å². The zero-order valence-corrected chi connectivity index (χ0v) is 12.2. The lowest BCUT2D eigenvalue weighted by Gasteiger charge is -2.27. The van der Waals surface area contributed by atoms with E-state index >= 15 is 0 Å². The maximum Gasteiger partial charge on any atom is 0.408 e. The number of cyclic esters (lactones) is 1. The van der Waals surface area contributed by atoms with Gasteiger partial charge < -0.3 is 14.8 Å². The number of carbonyl (C=O) groups is 1. The molecule has 0 radical (unpaired) electrons. The molecule has 1 unspecified atom stereocenters. The first-order valence-electron chi connectivity index (χ1n) is 6.42. The van der Waals surface area contributed by atoms with Crippen LogP contribution < -0.4 is 10.1 Å². The van der Waals surface area contributed by atoms with Crippen molar-refractivity contribution in [2.24, 2.45) is 0 Å². The second-order valence-electron chi connectivity index (χ2n) is 6.14. The summed E-state index contributed by atoms with van der Waals surface area (Å²) in [6.07, 6.45) is -0.365. The predicted molar refractivity (Wildman–Crippen MR) is 73.5 cm³/mol. The van der Waals surface area contributed by atoms with Crippen LogP contribution in [0.5, 0.6) is 5.75 Å². The van der Waals surface area contributed by atoms with Gasteiger partial charge >= 0.3 is 6.09 Å². The highest BCUT2D eigenvalue weighted by atomic mass is 16.6. The highest BCUT2D eigenvalue weighted by Crippen LogP contribution is 2.36. The van der Waals surface area contributed by atoms with Gasteiger partial charge in [-0.1, -0.05) is 26.8 Å². The number of hydrogen-bond donors (Lipinski definition) is 1. The van der Waals surface area contributed by atoms with Crippen LogP contribution in [0.15, 0.2) is 18.2 Å². The lowest BCUT2D eigenvalue weighted by molar-refractivity contribution is 0.0703. The van der Waals surface area contributed by atoms with Crippen molar-refractivity contribution in [3.05, 3.63) is 29.3 Å². The number of methoxy groups -OCH3 is 1. The smallest absolute Gasteiger partial charge is 0.408 e. The van der Waals surface area contributed by atoms with Crippen molar-refractivity contribution < 1.29 is 14.3 Å². The molecule has 1 fully saturated rings. The normalized spacial score (nSPS) is 22.9. The van der Waals surface area contributed by atoms with Crippen molar-refractivity contribution in [1.82, 2.24) is 5.32 Å². The van der Waals surface area contributed by atoms with Gasteiger partial charge in [0, 0.05) is 0 Å². The second kappa shape index (κ2) is 4.44. The summed E-state index contributed by atoms with van der Waals surface area (Å²) in [5.41, 5.74) is 1.45. The van der Waals surface area contributed by atoms with E-state index in [0.717, 1.165) is 16.9 Å². The number of hydrogen-bond acceptors (Lipinski definition) is 3. The first-order valence-corrected chi connectivity index (χ1v) is 6.42. The Bertz CT molecular complexity index is 505. The quantitative estimate of drug-likeness (QED) is 0.892. The standard InChI is InChI=1S/C15H21NO3/c1-14(2,3)11-8-10(6-7-12(11)18-5)15(4)9-16-13(17)19-15/h6-8H,9H2,1-5H3,(H,16,17). The van der Waals surface area contributed by atoms with Gasteiger partial charge in [0.2, 0.25) is 0 Å². The van der Waals surface area contributed by atoms with Crippen molar-refractivity contribution >= 4 is 6.09 Å². The Labute approximate surface area is 114 Å². The molecule has 0 spiro atoms. The van der Waals surface area contributed by atoms with Crippen molar-refractivity contribution in [1.29, 1.82) is 0 Å². The summed E-state index contributed by atoms with van der Waals surface area (Å²) < 4.78 is 10.8. The Kier molecular flexibility index (Phi) is 3.20. The fraction of sp³-hybridized carbons (Fsp3) is 0.533. The molecule has 1 heterocycles. The molecule has 1 N–H and O–H groups in total. The van der Waals surface area contributed by atoms with Crippen LogP contribution in [0.3, 0.4) is 0 Å². The molecule has 0 saturated carbocycles. The van der Waals surface area contributed by atoms with Crippen molar-refractivity contribution in [2.75, 3.05) is 13.7 Å². The molecule has 1 aromatic rings. The van der Waals surface area contributed by atoms with Gasteiger partial charge in [0.1, 0.15) is 5.75 Å². The van der Waals surface area contributed by atoms with Gasteiger partial charge in [-0.15, -0.1) is 0 Å². The summed E-state index contributed by atoms with van der Waals surface area (Å²) in [4.78, 5) is 11.3. The van der Waals surface area contributed by atoms with E-state index < -0.39 is 5.60 Å². The molecule has 0 aliphatic carbocycles. The maximum absolute atomic E-state index is 11.3. The third-order valence-electron chi connectivity index (χ3n) is 3.51. The van der Waals surface area contributed by atoms with E-state index in [0.29, 0.717) is 6.54 Å². The fourth-order valence-corrected chi connectivity index (χ4v) is 2.30. The van der Waals surface area contributed by atoms with Gasteiger partial charge in [-0.05, 0) is 35.6 Å². The van der Waals surface area contributed by atoms with Crippen molar-refractivity contribution in [2.45, 2.75) is 38.7 Å². The van der Waals surface area contributed by atoms with Crippen molar-refractivity contribution in [3.8, 4) is 5.75 Å². The minimum Gasteiger partial charge on any atom is -0.496 e. The zero-order chi connectivity index (χ0) is 14.3. The summed E-state index contributed by atoms with van der Waals surface area (Å²) in [6, 6.07) is 5.96. The summed E-state index contributed by atoms with van der Waals surface area (Å²) in [7, 11) is 1.67. The van der Waals surface area contributed by atoms with Crippen LogP contribution in [-0.2, 0) is 15.8 Å². The van der Waals surface area contributed by atoms with Crippen LogP contribution in [-0.4, -0.2) is 19.7 Å². The Morgan fingerprint density at radius 1 is 1.37 bits per heavy atom. The third kappa shape index (κ3) is 2.53. The highest BCUT2D eigenvalue weighted by Gasteiger charge is 2.38. The molecule has 0 bridgehead atoms. The van der Waals surface area contributed by atoms with Gasteiger partial charge in [-0.3, -0.25) is 0 Å². The summed E-state index contributed by atoms with van der Waals surface area (Å²) in [6.45, 7) is 8.81. The maximum atomic E-state index is 11.3. The van der Waals surface area contributed by atoms with Gasteiger partial charge in [0.15, 0.2) is 5.60 Å². The Morgan fingerprint density at radius 3 is 2.53 bits per heavy atom. The fourth-order valence-electron chi connectivity index (χ4n) is 2.30. The SMILES string of the molecule is COc1ccc(C2(C)CNC(=O)O2)cc1C(C)(C)C. The van der Waals surface area contributed by atoms with Crippen LogP contribution in [0.4, 0.5) is 4.79 Å². The Morgan fingerprint density at radius 2 is 2.05 bits per heavy atom. The number of ether oxygens (including phenoxy) is 2. The monoisotopic (exact) mass is 263 g/mol. The minimum absolute atomic E-state index is 0.0340. The molecule has 1 aliphatic rings. The van der Waals surface area contributed by atoms with Crippen LogP contribution in [0.25, 0.3) is 0 Å². The highest BCUT2D eigenvalue weighted by molar-refractivity contribution is 5.70. The van der Waals surface area contributed by atoms with Gasteiger partial charge in [-0.25, -0.2) is 4.79 Å². The zero-order valence-electron chi connectivity index (χ0n) is 12.2. The summed E-state index contributed by atoms with van der Waals surface area (Å²) >= 11 is 0. The Balaban J connectivity index is 2.47. The van der Waals surface area contributed by atoms with Gasteiger partial charge in [0.25, 0.3) is 0 Å². The molecule has 0 aromatic heterocycles. The molecule has 4 nitrogen and oxygen atoms in total. The van der Waals surface area contributed by atoms with E-state index in [4.69, 9.17) is 9.47 Å². The third-order valence-corrected chi connectivity index (χ3v) is 3.51. The average molecular weight is 263 g/mol. The number of carbonyl (C=O) groups excluding carboxylic acids is 1. The summed E-state index contributed by atoms with van der Waals surface area (Å²) in [5, 5.41) is 2.70. The molecule has 1 aromatic carbocycles. The first kappa shape index (κ1) is 13.7. The van der Waals surface area contributed by atoms with Gasteiger partial charge in [0.05, 0.1) is 13.7 Å². The lowest BCUT2D eigenvalue weighted by Crippen LogP contribution is -2.27. The van der Waals surface area contributed by atoms with E-state index in [1.54, 1.807) is 7.11 Å². The minimum atomic E-state index is -0.608. The molecule has 1 aliphatic heterocycles. The van der Waals surface area contributed by atoms with E-state index in [1.807, 2.05) is 19.1 Å². The first-order chi connectivity index (χ1) is 8.76. The number of alkyl carbamates (subject to hydrolysis) is 1. The average Bonchev–Trinajstić information content (AvgIpc) is 2.68.